The van der Waals surface area contributed by atoms with Crippen molar-refractivity contribution in [3.63, 3.8) is 0 Å². The maximum Gasteiger partial charge on any atom is 0.320 e. The Morgan fingerprint density at radius 1 is 1.44 bits per heavy atom. The van der Waals surface area contributed by atoms with E-state index in [1.165, 1.54) is 0 Å². The van der Waals surface area contributed by atoms with Crippen molar-refractivity contribution >= 4 is 16.0 Å². The molecule has 0 spiro atoms. The van der Waals surface area contributed by atoms with Gasteiger partial charge in [0, 0.05) is 12.2 Å². The van der Waals surface area contributed by atoms with E-state index in [1.807, 2.05) is 13.0 Å². The summed E-state index contributed by atoms with van der Waals surface area (Å²) in [5.74, 6) is -2.25. The number of aryl methyl sites for hydroxylation is 1. The standard InChI is InChI=1S/C11H16N2O4S/c1-3-13(18(16,17)8-11(14)15)7-10-6-4-5-9(2)12-10/h4-6H,3,7-8H2,1-2H3,(H,14,15). The third-order valence-electron chi connectivity index (χ3n) is 2.34. The van der Waals surface area contributed by atoms with Crippen LogP contribution < -0.4 is 0 Å². The Labute approximate surface area is 106 Å². The highest BCUT2D eigenvalue weighted by Gasteiger charge is 2.24. The van der Waals surface area contributed by atoms with Crippen molar-refractivity contribution in [2.24, 2.45) is 0 Å². The highest BCUT2D eigenvalue weighted by Crippen LogP contribution is 2.08. The number of hydrogen-bond donors (Lipinski definition) is 1. The molecular formula is C11H16N2O4S. The summed E-state index contributed by atoms with van der Waals surface area (Å²) in [6, 6.07) is 5.31. The van der Waals surface area contributed by atoms with Gasteiger partial charge in [-0.3, -0.25) is 9.78 Å². The first-order valence-corrected chi connectivity index (χ1v) is 7.08. The van der Waals surface area contributed by atoms with E-state index in [-0.39, 0.29) is 13.1 Å². The number of aromatic nitrogens is 1. The normalized spacial score (nSPS) is 11.7. The van der Waals surface area contributed by atoms with Crippen LogP contribution >= 0.6 is 0 Å². The molecule has 1 aromatic heterocycles. The van der Waals surface area contributed by atoms with E-state index < -0.39 is 21.7 Å². The van der Waals surface area contributed by atoms with Gasteiger partial charge in [0.25, 0.3) is 0 Å². The number of rotatable bonds is 6. The first kappa shape index (κ1) is 14.6. The lowest BCUT2D eigenvalue weighted by atomic mass is 10.3. The SMILES string of the molecule is CCN(Cc1cccc(C)n1)S(=O)(=O)CC(=O)O. The van der Waals surface area contributed by atoms with E-state index >= 15 is 0 Å². The van der Waals surface area contributed by atoms with Crippen LogP contribution in [0.3, 0.4) is 0 Å². The molecule has 0 aliphatic heterocycles. The van der Waals surface area contributed by atoms with Crippen LogP contribution in [-0.2, 0) is 21.4 Å². The van der Waals surface area contributed by atoms with Crippen LogP contribution in [0.15, 0.2) is 18.2 Å². The zero-order valence-electron chi connectivity index (χ0n) is 10.3. The Morgan fingerprint density at radius 2 is 2.11 bits per heavy atom. The number of carboxylic acids is 1. The van der Waals surface area contributed by atoms with Crippen molar-refractivity contribution in [1.82, 2.24) is 9.29 Å². The molecule has 0 aliphatic rings. The fraction of sp³-hybridized carbons (Fsp3) is 0.455. The molecule has 0 radical (unpaired) electrons. The highest BCUT2D eigenvalue weighted by atomic mass is 32.2. The van der Waals surface area contributed by atoms with Gasteiger partial charge in [0.2, 0.25) is 10.0 Å². The van der Waals surface area contributed by atoms with Crippen LogP contribution in [-0.4, -0.2) is 41.1 Å². The van der Waals surface area contributed by atoms with E-state index in [0.29, 0.717) is 5.69 Å². The van der Waals surface area contributed by atoms with Crippen molar-refractivity contribution in [3.8, 4) is 0 Å². The maximum absolute atomic E-state index is 11.8. The number of carbonyl (C=O) groups is 1. The summed E-state index contributed by atoms with van der Waals surface area (Å²) in [7, 11) is -3.79. The van der Waals surface area contributed by atoms with Crippen LogP contribution in [0.25, 0.3) is 0 Å². The Hall–Kier alpha value is -1.47. The molecule has 0 saturated carbocycles. The van der Waals surface area contributed by atoms with Crippen LogP contribution in [0.2, 0.25) is 0 Å². The number of nitrogens with zero attached hydrogens (tertiary/aromatic N) is 2. The van der Waals surface area contributed by atoms with Gasteiger partial charge in [0.1, 0.15) is 0 Å². The predicted octanol–water partition coefficient (Wildman–Crippen LogP) is 0.626. The average Bonchev–Trinajstić information content (AvgIpc) is 2.24. The van der Waals surface area contributed by atoms with Crippen molar-refractivity contribution in [2.45, 2.75) is 20.4 Å². The molecule has 0 unspecified atom stereocenters. The van der Waals surface area contributed by atoms with Crippen LogP contribution in [0.5, 0.6) is 0 Å². The van der Waals surface area contributed by atoms with Gasteiger partial charge in [-0.15, -0.1) is 0 Å². The number of aliphatic carboxylic acids is 1. The summed E-state index contributed by atoms with van der Waals surface area (Å²) in [5, 5.41) is 8.58. The quantitative estimate of drug-likeness (QED) is 0.820. The van der Waals surface area contributed by atoms with E-state index in [1.54, 1.807) is 19.1 Å². The zero-order chi connectivity index (χ0) is 13.8. The van der Waals surface area contributed by atoms with Crippen molar-refractivity contribution < 1.29 is 18.3 Å². The Morgan fingerprint density at radius 3 is 2.61 bits per heavy atom. The van der Waals surface area contributed by atoms with Gasteiger partial charge in [-0.25, -0.2) is 8.42 Å². The molecule has 0 aromatic carbocycles. The summed E-state index contributed by atoms with van der Waals surface area (Å²) in [4.78, 5) is 14.7. The van der Waals surface area contributed by atoms with Gasteiger partial charge in [0.05, 0.1) is 12.2 Å². The minimum Gasteiger partial charge on any atom is -0.480 e. The third-order valence-corrected chi connectivity index (χ3v) is 4.12. The second-order valence-corrected chi connectivity index (χ2v) is 5.82. The minimum atomic E-state index is -3.79. The first-order valence-electron chi connectivity index (χ1n) is 5.47. The molecule has 7 heteroatoms. The molecule has 1 N–H and O–H groups in total. The lowest BCUT2D eigenvalue weighted by molar-refractivity contribution is -0.134. The van der Waals surface area contributed by atoms with Crippen LogP contribution in [0, 0.1) is 6.92 Å². The van der Waals surface area contributed by atoms with Gasteiger partial charge in [-0.05, 0) is 19.1 Å². The van der Waals surface area contributed by atoms with Crippen LogP contribution in [0.1, 0.15) is 18.3 Å². The lowest BCUT2D eigenvalue weighted by Crippen LogP contribution is -2.35. The number of pyridine rings is 1. The smallest absolute Gasteiger partial charge is 0.320 e. The van der Waals surface area contributed by atoms with Gasteiger partial charge in [-0.1, -0.05) is 13.0 Å². The molecule has 6 nitrogen and oxygen atoms in total. The van der Waals surface area contributed by atoms with Crippen LogP contribution in [0.4, 0.5) is 0 Å². The lowest BCUT2D eigenvalue weighted by Gasteiger charge is -2.19. The fourth-order valence-corrected chi connectivity index (χ4v) is 2.74. The third kappa shape index (κ3) is 4.08. The second-order valence-electron chi connectivity index (χ2n) is 3.85. The van der Waals surface area contributed by atoms with Gasteiger partial charge in [0.15, 0.2) is 5.75 Å². The van der Waals surface area contributed by atoms with Gasteiger partial charge < -0.3 is 5.11 Å². The number of hydrogen-bond acceptors (Lipinski definition) is 4. The predicted molar refractivity (Wildman–Crippen MR) is 66.5 cm³/mol. The van der Waals surface area contributed by atoms with E-state index in [2.05, 4.69) is 4.98 Å². The van der Waals surface area contributed by atoms with Crippen molar-refractivity contribution in [1.29, 1.82) is 0 Å². The number of carboxylic acid groups (broad SMARTS) is 1. The van der Waals surface area contributed by atoms with E-state index in [9.17, 15) is 13.2 Å². The average molecular weight is 272 g/mol. The molecule has 100 valence electrons. The summed E-state index contributed by atoms with van der Waals surface area (Å²) >= 11 is 0. The van der Waals surface area contributed by atoms with E-state index in [4.69, 9.17) is 5.11 Å². The largest absolute Gasteiger partial charge is 0.480 e. The molecule has 0 bridgehead atoms. The summed E-state index contributed by atoms with van der Waals surface area (Å²) in [5.41, 5.74) is 1.39. The minimum absolute atomic E-state index is 0.0911. The zero-order valence-corrected chi connectivity index (χ0v) is 11.1. The Kier molecular flexibility index (Phi) is 4.80. The maximum atomic E-state index is 11.8. The molecule has 0 saturated heterocycles. The molecule has 1 heterocycles. The molecular weight excluding hydrogens is 256 g/mol. The molecule has 1 aromatic rings. The summed E-state index contributed by atoms with van der Waals surface area (Å²) in [6.07, 6.45) is 0. The molecule has 0 atom stereocenters. The summed E-state index contributed by atoms with van der Waals surface area (Å²) in [6.45, 7) is 3.78. The Balaban J connectivity index is 2.88. The van der Waals surface area contributed by atoms with Crippen molar-refractivity contribution in [2.75, 3.05) is 12.3 Å². The van der Waals surface area contributed by atoms with Crippen molar-refractivity contribution in [3.05, 3.63) is 29.6 Å². The highest BCUT2D eigenvalue weighted by molar-refractivity contribution is 7.89. The second kappa shape index (κ2) is 5.92. The molecule has 0 amide bonds. The molecule has 18 heavy (non-hydrogen) atoms. The molecule has 0 fully saturated rings. The fourth-order valence-electron chi connectivity index (χ4n) is 1.52. The monoisotopic (exact) mass is 272 g/mol. The van der Waals surface area contributed by atoms with E-state index in [0.717, 1.165) is 10.00 Å². The molecule has 1 rings (SSSR count). The molecule has 0 aliphatic carbocycles. The van der Waals surface area contributed by atoms with Gasteiger partial charge >= 0.3 is 5.97 Å². The number of sulfonamides is 1. The topological polar surface area (TPSA) is 87.6 Å². The Bertz CT molecular complexity index is 528. The van der Waals surface area contributed by atoms with Gasteiger partial charge in [-0.2, -0.15) is 4.31 Å². The summed E-state index contributed by atoms with van der Waals surface area (Å²) < 4.78 is 24.7. The first-order chi connectivity index (χ1) is 8.35.